The first-order valence-corrected chi connectivity index (χ1v) is 7.48. The van der Waals surface area contributed by atoms with Gasteiger partial charge in [0, 0.05) is 19.5 Å². The highest BCUT2D eigenvalue weighted by atomic mass is 16.2. The van der Waals surface area contributed by atoms with Gasteiger partial charge >= 0.3 is 6.03 Å². The van der Waals surface area contributed by atoms with E-state index in [9.17, 15) is 14.4 Å². The number of likely N-dealkylation sites (N-methyl/N-ethyl adjacent to an activating group) is 1. The molecular weight excluding hydrogens is 282 g/mol. The fourth-order valence-corrected chi connectivity index (χ4v) is 3.12. The van der Waals surface area contributed by atoms with Gasteiger partial charge in [-0.1, -0.05) is 24.3 Å². The summed E-state index contributed by atoms with van der Waals surface area (Å²) in [6.07, 6.45) is 2.33. The molecule has 0 radical (unpaired) electrons. The first kappa shape index (κ1) is 14.6. The summed E-state index contributed by atoms with van der Waals surface area (Å²) >= 11 is 0. The van der Waals surface area contributed by atoms with E-state index in [-0.39, 0.29) is 24.3 Å². The van der Waals surface area contributed by atoms with E-state index in [1.54, 1.807) is 4.90 Å². The van der Waals surface area contributed by atoms with Gasteiger partial charge in [0.25, 0.3) is 5.91 Å². The summed E-state index contributed by atoms with van der Waals surface area (Å²) in [5.74, 6) is -0.347. The number of carbonyl (C=O) groups excluding carboxylic acids is 3. The van der Waals surface area contributed by atoms with Gasteiger partial charge in [-0.15, -0.1) is 0 Å². The zero-order chi connectivity index (χ0) is 15.7. The molecule has 6 heteroatoms. The predicted octanol–water partition coefficient (Wildman–Crippen LogP) is 0.600. The highest BCUT2D eigenvalue weighted by Gasteiger charge is 2.31. The molecule has 0 saturated carbocycles. The van der Waals surface area contributed by atoms with Crippen molar-refractivity contribution in [2.45, 2.75) is 37.8 Å². The molecule has 22 heavy (non-hydrogen) atoms. The van der Waals surface area contributed by atoms with E-state index < -0.39 is 12.1 Å². The minimum absolute atomic E-state index is 0.00625. The van der Waals surface area contributed by atoms with E-state index in [1.807, 2.05) is 19.2 Å². The lowest BCUT2D eigenvalue weighted by atomic mass is 10.1. The summed E-state index contributed by atoms with van der Waals surface area (Å²) in [5, 5.41) is 4.68. The van der Waals surface area contributed by atoms with Crippen LogP contribution in [-0.2, 0) is 22.4 Å². The lowest BCUT2D eigenvalue weighted by Crippen LogP contribution is -2.39. The van der Waals surface area contributed by atoms with Gasteiger partial charge in [0.05, 0.1) is 0 Å². The molecule has 0 bridgehead atoms. The quantitative estimate of drug-likeness (QED) is 0.799. The minimum Gasteiger partial charge on any atom is -0.342 e. The molecule has 1 saturated heterocycles. The summed E-state index contributed by atoms with van der Waals surface area (Å²) in [5.41, 5.74) is 2.60. The first-order valence-electron chi connectivity index (χ1n) is 7.48. The second kappa shape index (κ2) is 5.79. The Morgan fingerprint density at radius 2 is 1.86 bits per heavy atom. The average Bonchev–Trinajstić information content (AvgIpc) is 3.06. The van der Waals surface area contributed by atoms with Gasteiger partial charge in [-0.05, 0) is 30.4 Å². The molecule has 1 aliphatic carbocycles. The molecule has 2 aliphatic rings. The third-order valence-corrected chi connectivity index (χ3v) is 4.48. The van der Waals surface area contributed by atoms with Crippen LogP contribution < -0.4 is 10.6 Å². The molecule has 1 aromatic carbocycles. The minimum atomic E-state index is -0.592. The van der Waals surface area contributed by atoms with Gasteiger partial charge in [0.1, 0.15) is 6.04 Å². The first-order chi connectivity index (χ1) is 10.5. The Morgan fingerprint density at radius 1 is 1.23 bits per heavy atom. The normalized spacial score (nSPS) is 20.5. The number of imide groups is 1. The Bertz CT molecular complexity index is 604. The molecule has 1 atom stereocenters. The largest absolute Gasteiger partial charge is 0.342 e. The van der Waals surface area contributed by atoms with Crippen LogP contribution in [0.2, 0.25) is 0 Å². The van der Waals surface area contributed by atoms with Crippen LogP contribution in [0.4, 0.5) is 4.79 Å². The van der Waals surface area contributed by atoms with E-state index in [1.165, 1.54) is 11.1 Å². The van der Waals surface area contributed by atoms with Gasteiger partial charge in [-0.25, -0.2) is 4.79 Å². The molecule has 0 spiro atoms. The molecule has 2 N–H and O–H groups in total. The maximum absolute atomic E-state index is 12.3. The average molecular weight is 301 g/mol. The van der Waals surface area contributed by atoms with Crippen molar-refractivity contribution in [1.29, 1.82) is 0 Å². The number of benzene rings is 1. The Labute approximate surface area is 128 Å². The Morgan fingerprint density at radius 3 is 2.41 bits per heavy atom. The zero-order valence-corrected chi connectivity index (χ0v) is 12.5. The van der Waals surface area contributed by atoms with Crippen molar-refractivity contribution in [2.24, 2.45) is 0 Å². The maximum atomic E-state index is 12.3. The Hall–Kier alpha value is -2.37. The van der Waals surface area contributed by atoms with Crippen molar-refractivity contribution in [3.8, 4) is 0 Å². The van der Waals surface area contributed by atoms with Gasteiger partial charge in [0.15, 0.2) is 0 Å². The number of hydrogen-bond acceptors (Lipinski definition) is 3. The molecule has 1 aliphatic heterocycles. The van der Waals surface area contributed by atoms with E-state index >= 15 is 0 Å². The second-order valence-corrected chi connectivity index (χ2v) is 5.89. The van der Waals surface area contributed by atoms with Crippen molar-refractivity contribution >= 4 is 17.8 Å². The summed E-state index contributed by atoms with van der Waals surface area (Å²) in [4.78, 5) is 36.6. The molecule has 1 heterocycles. The van der Waals surface area contributed by atoms with Crippen LogP contribution in [0, 0.1) is 0 Å². The highest BCUT2D eigenvalue weighted by molar-refractivity contribution is 6.04. The van der Waals surface area contributed by atoms with E-state index in [0.717, 1.165) is 12.8 Å². The van der Waals surface area contributed by atoms with Crippen LogP contribution in [0.5, 0.6) is 0 Å². The molecule has 6 nitrogen and oxygen atoms in total. The zero-order valence-electron chi connectivity index (χ0n) is 12.5. The number of nitrogens with zero attached hydrogens (tertiary/aromatic N) is 1. The van der Waals surface area contributed by atoms with Crippen LogP contribution in [0.15, 0.2) is 24.3 Å². The summed E-state index contributed by atoms with van der Waals surface area (Å²) in [7, 11) is 1.81. The number of rotatable bonds is 4. The fourth-order valence-electron chi connectivity index (χ4n) is 3.12. The predicted molar refractivity (Wildman–Crippen MR) is 80.1 cm³/mol. The van der Waals surface area contributed by atoms with E-state index in [4.69, 9.17) is 0 Å². The van der Waals surface area contributed by atoms with Crippen LogP contribution in [0.1, 0.15) is 24.0 Å². The van der Waals surface area contributed by atoms with Gasteiger partial charge in [-0.3, -0.25) is 14.9 Å². The summed E-state index contributed by atoms with van der Waals surface area (Å²) in [6.45, 7) is 0. The standard InChI is InChI=1S/C16H19N3O3/c1-19(12-8-10-4-2-3-5-11(10)9-12)14(20)7-6-13-15(21)18-16(22)17-13/h2-5,12-13H,6-9H2,1H3,(H2,17,18,21,22)/t13-/m1/s1. The lowest BCUT2D eigenvalue weighted by molar-refractivity contribution is -0.132. The monoisotopic (exact) mass is 301 g/mol. The van der Waals surface area contributed by atoms with Crippen molar-refractivity contribution in [3.05, 3.63) is 35.4 Å². The molecule has 4 amide bonds. The number of hydrogen-bond donors (Lipinski definition) is 2. The molecule has 0 unspecified atom stereocenters. The van der Waals surface area contributed by atoms with Gasteiger partial charge < -0.3 is 10.2 Å². The Kier molecular flexibility index (Phi) is 3.83. The lowest BCUT2D eigenvalue weighted by Gasteiger charge is -2.24. The van der Waals surface area contributed by atoms with Crippen LogP contribution >= 0.6 is 0 Å². The SMILES string of the molecule is CN(C(=O)CC[C@H]1NC(=O)NC1=O)C1Cc2ccccc2C1. The molecular formula is C16H19N3O3. The molecule has 3 rings (SSSR count). The number of nitrogens with one attached hydrogen (secondary N) is 2. The van der Waals surface area contributed by atoms with Gasteiger partial charge in [-0.2, -0.15) is 0 Å². The van der Waals surface area contributed by atoms with Gasteiger partial charge in [0.2, 0.25) is 5.91 Å². The number of fused-ring (bicyclic) bond motifs is 1. The third kappa shape index (κ3) is 2.81. The third-order valence-electron chi connectivity index (χ3n) is 4.48. The van der Waals surface area contributed by atoms with E-state index in [0.29, 0.717) is 6.42 Å². The van der Waals surface area contributed by atoms with Crippen LogP contribution in [0.3, 0.4) is 0 Å². The summed E-state index contributed by atoms with van der Waals surface area (Å²) < 4.78 is 0. The van der Waals surface area contributed by atoms with Crippen LogP contribution in [0.25, 0.3) is 0 Å². The number of urea groups is 1. The van der Waals surface area contributed by atoms with Crippen molar-refractivity contribution in [3.63, 3.8) is 0 Å². The second-order valence-electron chi connectivity index (χ2n) is 5.89. The fraction of sp³-hybridized carbons (Fsp3) is 0.438. The molecule has 116 valence electrons. The molecule has 1 fully saturated rings. The number of amides is 4. The number of carbonyl (C=O) groups is 3. The van der Waals surface area contributed by atoms with Crippen molar-refractivity contribution in [1.82, 2.24) is 15.5 Å². The van der Waals surface area contributed by atoms with Crippen molar-refractivity contribution < 1.29 is 14.4 Å². The topological polar surface area (TPSA) is 78.5 Å². The van der Waals surface area contributed by atoms with Crippen molar-refractivity contribution in [2.75, 3.05) is 7.05 Å². The smallest absolute Gasteiger partial charge is 0.322 e. The maximum Gasteiger partial charge on any atom is 0.322 e. The van der Waals surface area contributed by atoms with E-state index in [2.05, 4.69) is 22.8 Å². The molecule has 1 aromatic rings. The highest BCUT2D eigenvalue weighted by Crippen LogP contribution is 2.25. The van der Waals surface area contributed by atoms with Crippen LogP contribution in [-0.4, -0.2) is 41.9 Å². The molecule has 0 aromatic heterocycles. The Balaban J connectivity index is 1.53. The summed E-state index contributed by atoms with van der Waals surface area (Å²) in [6, 6.07) is 7.34.